The van der Waals surface area contributed by atoms with E-state index < -0.39 is 0 Å². The Balaban J connectivity index is 1.11. The lowest BCUT2D eigenvalue weighted by atomic mass is 9.71. The quantitative estimate of drug-likeness (QED) is 0.358. The number of pyridine rings is 2. The van der Waals surface area contributed by atoms with Gasteiger partial charge in [-0.25, -0.2) is 9.97 Å². The molecule has 1 aliphatic heterocycles. The van der Waals surface area contributed by atoms with Crippen LogP contribution in [-0.4, -0.2) is 22.3 Å². The summed E-state index contributed by atoms with van der Waals surface area (Å²) in [5.74, 6) is 2.53. The van der Waals surface area contributed by atoms with Crippen molar-refractivity contribution < 1.29 is 0 Å². The minimum absolute atomic E-state index is 0.365. The molecule has 2 aliphatic carbocycles. The molecule has 3 nitrogen and oxygen atoms in total. The second-order valence-electron chi connectivity index (χ2n) is 14.0. The third-order valence-electron chi connectivity index (χ3n) is 9.16. The number of fused-ring (bicyclic) bond motifs is 4. The number of thiophene rings is 1. The van der Waals surface area contributed by atoms with Crippen molar-refractivity contribution in [2.75, 3.05) is 12.3 Å². The molecule has 2 atom stereocenters. The van der Waals surface area contributed by atoms with E-state index in [-0.39, 0.29) is 0 Å². The molecule has 38 heavy (non-hydrogen) atoms. The molecule has 1 N–H and O–H groups in total. The fourth-order valence-electron chi connectivity index (χ4n) is 6.49. The summed E-state index contributed by atoms with van der Waals surface area (Å²) in [7, 11) is 0. The number of rotatable bonds is 4. The lowest BCUT2D eigenvalue weighted by molar-refractivity contribution is 0.214. The van der Waals surface area contributed by atoms with Crippen molar-refractivity contribution in [1.82, 2.24) is 15.3 Å². The molecule has 0 bridgehead atoms. The largest absolute Gasteiger partial charge is 0.308 e. The van der Waals surface area contributed by atoms with Gasteiger partial charge < -0.3 is 5.32 Å². The Hall–Kier alpha value is -1.69. The molecule has 3 aromatic rings. The van der Waals surface area contributed by atoms with Gasteiger partial charge in [0.2, 0.25) is 0 Å². The van der Waals surface area contributed by atoms with Crippen LogP contribution in [0.4, 0.5) is 0 Å². The molecular formula is C33H43N3S2. The normalized spacial score (nSPS) is 21.6. The van der Waals surface area contributed by atoms with Crippen LogP contribution in [-0.2, 0) is 32.2 Å². The number of aryl methyl sites for hydroxylation is 2. The molecule has 0 spiro atoms. The van der Waals surface area contributed by atoms with Crippen LogP contribution in [0, 0.1) is 22.7 Å². The SMILES string of the molecule is CC(C)(C)C1CCc2nc3c(cc2C1)C=C(CNCc1cc2cc4c(nc2s1)CCC(C(C)(C)C)C4)CS3. The minimum Gasteiger partial charge on any atom is -0.308 e. The molecule has 0 aromatic carbocycles. The van der Waals surface area contributed by atoms with Gasteiger partial charge in [-0.3, -0.25) is 0 Å². The Kier molecular flexibility index (Phi) is 7.02. The van der Waals surface area contributed by atoms with Crippen molar-refractivity contribution >= 4 is 39.4 Å². The van der Waals surface area contributed by atoms with Crippen LogP contribution in [0.3, 0.4) is 0 Å². The van der Waals surface area contributed by atoms with Crippen LogP contribution < -0.4 is 5.32 Å². The van der Waals surface area contributed by atoms with Crippen molar-refractivity contribution in [3.63, 3.8) is 0 Å². The molecule has 0 radical (unpaired) electrons. The molecule has 0 amide bonds. The van der Waals surface area contributed by atoms with E-state index in [1.165, 1.54) is 79.5 Å². The molecule has 5 heteroatoms. The van der Waals surface area contributed by atoms with Gasteiger partial charge in [0.05, 0.1) is 0 Å². The molecule has 3 aromatic heterocycles. The number of thioether (sulfide) groups is 1. The summed E-state index contributed by atoms with van der Waals surface area (Å²) < 4.78 is 0. The molecule has 4 heterocycles. The van der Waals surface area contributed by atoms with Gasteiger partial charge in [-0.1, -0.05) is 47.6 Å². The summed E-state index contributed by atoms with van der Waals surface area (Å²) in [4.78, 5) is 12.8. The minimum atomic E-state index is 0.365. The van der Waals surface area contributed by atoms with Gasteiger partial charge in [0.25, 0.3) is 0 Å². The van der Waals surface area contributed by atoms with Gasteiger partial charge in [0.15, 0.2) is 0 Å². The van der Waals surface area contributed by atoms with Gasteiger partial charge in [-0.2, -0.15) is 0 Å². The van der Waals surface area contributed by atoms with E-state index in [4.69, 9.17) is 9.97 Å². The van der Waals surface area contributed by atoms with Crippen LogP contribution in [0.2, 0.25) is 0 Å². The average Bonchev–Trinajstić information content (AvgIpc) is 3.25. The molecular weight excluding hydrogens is 503 g/mol. The smallest absolute Gasteiger partial charge is 0.123 e. The maximum Gasteiger partial charge on any atom is 0.123 e. The van der Waals surface area contributed by atoms with Crippen LogP contribution in [0.25, 0.3) is 16.3 Å². The van der Waals surface area contributed by atoms with Crippen molar-refractivity contribution in [3.05, 3.63) is 56.7 Å². The first kappa shape index (κ1) is 26.5. The molecule has 3 aliphatic rings. The number of hydrogen-bond acceptors (Lipinski definition) is 5. The average molecular weight is 546 g/mol. The summed E-state index contributed by atoms with van der Waals surface area (Å²) in [6.45, 7) is 16.1. The van der Waals surface area contributed by atoms with E-state index in [9.17, 15) is 0 Å². The third kappa shape index (κ3) is 5.48. The first-order chi connectivity index (χ1) is 18.0. The summed E-state index contributed by atoms with van der Waals surface area (Å²) in [6, 6.07) is 7.25. The lowest BCUT2D eigenvalue weighted by Crippen LogP contribution is -2.27. The molecule has 0 saturated heterocycles. The number of aromatic nitrogens is 2. The van der Waals surface area contributed by atoms with E-state index in [0.717, 1.165) is 43.5 Å². The van der Waals surface area contributed by atoms with E-state index >= 15 is 0 Å². The number of nitrogens with one attached hydrogen (secondary N) is 1. The third-order valence-corrected chi connectivity index (χ3v) is 11.3. The van der Waals surface area contributed by atoms with Crippen molar-refractivity contribution in [1.29, 1.82) is 0 Å². The van der Waals surface area contributed by atoms with Crippen molar-refractivity contribution in [3.8, 4) is 0 Å². The maximum atomic E-state index is 5.10. The lowest BCUT2D eigenvalue weighted by Gasteiger charge is -2.35. The van der Waals surface area contributed by atoms with Gasteiger partial charge in [0.1, 0.15) is 9.86 Å². The van der Waals surface area contributed by atoms with Gasteiger partial charge >= 0.3 is 0 Å². The monoisotopic (exact) mass is 545 g/mol. The zero-order chi connectivity index (χ0) is 26.7. The maximum absolute atomic E-state index is 5.10. The first-order valence-corrected chi connectivity index (χ1v) is 16.3. The highest BCUT2D eigenvalue weighted by Crippen LogP contribution is 2.40. The molecule has 0 saturated carbocycles. The Morgan fingerprint density at radius 1 is 0.842 bits per heavy atom. The van der Waals surface area contributed by atoms with E-state index in [1.54, 1.807) is 0 Å². The zero-order valence-corrected chi connectivity index (χ0v) is 25.7. The van der Waals surface area contributed by atoms with Crippen molar-refractivity contribution in [2.45, 2.75) is 91.6 Å². The summed E-state index contributed by atoms with van der Waals surface area (Å²) in [6.07, 6.45) is 9.54. The Morgan fingerprint density at radius 3 is 2.18 bits per heavy atom. The van der Waals surface area contributed by atoms with Gasteiger partial charge in [-0.05, 0) is 96.1 Å². The topological polar surface area (TPSA) is 37.8 Å². The molecule has 202 valence electrons. The highest BCUT2D eigenvalue weighted by molar-refractivity contribution is 7.99. The fourth-order valence-corrected chi connectivity index (χ4v) is 8.46. The van der Waals surface area contributed by atoms with E-state index in [2.05, 4.69) is 71.1 Å². The highest BCUT2D eigenvalue weighted by Gasteiger charge is 2.31. The van der Waals surface area contributed by atoms with E-state index in [0.29, 0.717) is 10.8 Å². The fraction of sp³-hybridized carbons (Fsp3) is 0.576. The molecule has 6 rings (SSSR count). The standard InChI is InChI=1S/C33H43N3S2/c1-32(2,3)25-7-9-28-21(14-25)12-23-11-20(19-37-30(23)35-28)17-34-18-27-16-24-13-22-15-26(33(4,5)6)8-10-29(22)36-31(24)38-27/h11-13,16,25-26,34H,7-10,14-15,17-19H2,1-6H3. The second kappa shape index (κ2) is 10.1. The summed E-state index contributed by atoms with van der Waals surface area (Å²) in [5.41, 5.74) is 9.18. The second-order valence-corrected chi connectivity index (χ2v) is 16.1. The number of nitrogens with zero attached hydrogens (tertiary/aromatic N) is 2. The zero-order valence-electron chi connectivity index (χ0n) is 24.0. The summed E-state index contributed by atoms with van der Waals surface area (Å²) in [5, 5.41) is 6.29. The van der Waals surface area contributed by atoms with Crippen LogP contribution >= 0.6 is 23.1 Å². The predicted molar refractivity (Wildman–Crippen MR) is 164 cm³/mol. The van der Waals surface area contributed by atoms with Gasteiger partial charge in [-0.15, -0.1) is 23.1 Å². The van der Waals surface area contributed by atoms with Gasteiger partial charge in [0, 0.05) is 46.1 Å². The van der Waals surface area contributed by atoms with Crippen LogP contribution in [0.5, 0.6) is 0 Å². The van der Waals surface area contributed by atoms with Crippen LogP contribution in [0.15, 0.2) is 28.8 Å². The Morgan fingerprint density at radius 2 is 1.50 bits per heavy atom. The van der Waals surface area contributed by atoms with Crippen molar-refractivity contribution in [2.24, 2.45) is 22.7 Å². The number of hydrogen-bond donors (Lipinski definition) is 1. The highest BCUT2D eigenvalue weighted by atomic mass is 32.2. The predicted octanol–water partition coefficient (Wildman–Crippen LogP) is 8.27. The summed E-state index contributed by atoms with van der Waals surface area (Å²) >= 11 is 3.78. The first-order valence-electron chi connectivity index (χ1n) is 14.5. The van der Waals surface area contributed by atoms with E-state index in [1.807, 2.05) is 23.1 Å². The van der Waals surface area contributed by atoms with Crippen LogP contribution in [0.1, 0.15) is 87.3 Å². The Bertz CT molecular complexity index is 1390. The molecule has 2 unspecified atom stereocenters. The Labute approximate surface area is 237 Å². The molecule has 0 fully saturated rings.